The molecule has 2 aliphatic rings. The number of aryl methyl sites for hydroxylation is 2. The van der Waals surface area contributed by atoms with E-state index in [1.165, 1.54) is 17.2 Å². The van der Waals surface area contributed by atoms with Gasteiger partial charge in [-0.15, -0.1) is 0 Å². The third kappa shape index (κ3) is 3.58. The minimum Gasteiger partial charge on any atom is -0.502 e. The highest BCUT2D eigenvalue weighted by Crippen LogP contribution is 2.38. The second-order valence-electron chi connectivity index (χ2n) is 8.92. The first kappa shape index (κ1) is 21.3. The van der Waals surface area contributed by atoms with Gasteiger partial charge >= 0.3 is 0 Å². The van der Waals surface area contributed by atoms with Gasteiger partial charge in [-0.3, -0.25) is 19.3 Å². The van der Waals surface area contributed by atoms with Gasteiger partial charge in [0.2, 0.25) is 5.43 Å². The molecule has 1 aromatic heterocycles. The number of amides is 1. The molecule has 1 aliphatic carbocycles. The van der Waals surface area contributed by atoms with Gasteiger partial charge < -0.3 is 15.1 Å². The van der Waals surface area contributed by atoms with Gasteiger partial charge in [0, 0.05) is 25.4 Å². The molecule has 2 N–H and O–H groups in total. The summed E-state index contributed by atoms with van der Waals surface area (Å²) in [7, 11) is 0. The fourth-order valence-corrected chi connectivity index (χ4v) is 4.98. The van der Waals surface area contributed by atoms with Crippen molar-refractivity contribution in [3.05, 3.63) is 99.0 Å². The molecule has 1 amide bonds. The van der Waals surface area contributed by atoms with E-state index < -0.39 is 17.1 Å². The fraction of sp³-hybridized carbons (Fsp3) is 0.308. The predicted molar refractivity (Wildman–Crippen MR) is 125 cm³/mol. The Labute approximate surface area is 192 Å². The number of rotatable bonds is 4. The molecule has 3 aromatic rings. The van der Waals surface area contributed by atoms with Crippen molar-refractivity contribution < 1.29 is 15.0 Å². The minimum absolute atomic E-state index is 0.0434. The maximum Gasteiger partial charge on any atom is 0.277 e. The van der Waals surface area contributed by atoms with Crippen molar-refractivity contribution in [3.8, 4) is 5.75 Å². The normalized spacial score (nSPS) is 16.6. The Kier molecular flexibility index (Phi) is 5.42. The lowest BCUT2D eigenvalue weighted by Crippen LogP contribution is -2.56. The summed E-state index contributed by atoms with van der Waals surface area (Å²) in [6.45, 7) is 2.36. The summed E-state index contributed by atoms with van der Waals surface area (Å²) in [5, 5.41) is 22.3. The first-order chi connectivity index (χ1) is 16.0. The molecule has 5 rings (SSSR count). The highest BCUT2D eigenvalue weighted by molar-refractivity contribution is 5.96. The summed E-state index contributed by atoms with van der Waals surface area (Å²) in [6.07, 6.45) is 3.38. The van der Waals surface area contributed by atoms with Gasteiger partial charge in [0.15, 0.2) is 11.4 Å². The Morgan fingerprint density at radius 2 is 1.58 bits per heavy atom. The fourth-order valence-electron chi connectivity index (χ4n) is 4.98. The molecule has 0 bridgehead atoms. The molecule has 7 heteroatoms. The van der Waals surface area contributed by atoms with Crippen molar-refractivity contribution in [1.29, 1.82) is 0 Å². The number of carbonyl (C=O) groups excluding carboxylic acids is 1. The topological polar surface area (TPSA) is 86.0 Å². The predicted octanol–water partition coefficient (Wildman–Crippen LogP) is 2.42. The standard InChI is InChI=1S/C26H27N3O4/c1-17(15-30)14-27-16-29(28-13-12-22(31)25(32)24(28)26(27)33)23-20-8-4-2-6-18(20)10-11-19-7-3-5-9-21(19)23/h2-9,12-13,17,23,30,32H,10-11,14-16H2,1H3. The van der Waals surface area contributed by atoms with Gasteiger partial charge in [-0.2, -0.15) is 0 Å². The number of benzene rings is 2. The summed E-state index contributed by atoms with van der Waals surface area (Å²) in [5.74, 6) is -1.12. The van der Waals surface area contributed by atoms with Crippen molar-refractivity contribution in [2.24, 2.45) is 5.92 Å². The van der Waals surface area contributed by atoms with Crippen LogP contribution in [0.4, 0.5) is 0 Å². The number of hydrogen-bond donors (Lipinski definition) is 2. The zero-order valence-electron chi connectivity index (χ0n) is 18.5. The van der Waals surface area contributed by atoms with E-state index >= 15 is 0 Å². The van der Waals surface area contributed by atoms with E-state index in [1.807, 2.05) is 36.2 Å². The van der Waals surface area contributed by atoms with Crippen LogP contribution in [-0.2, 0) is 12.8 Å². The monoisotopic (exact) mass is 445 g/mol. The van der Waals surface area contributed by atoms with Gasteiger partial charge in [-0.25, -0.2) is 0 Å². The van der Waals surface area contributed by atoms with E-state index in [9.17, 15) is 19.8 Å². The molecule has 33 heavy (non-hydrogen) atoms. The Bertz CT molecular complexity index is 1220. The van der Waals surface area contributed by atoms with Gasteiger partial charge in [0.25, 0.3) is 5.91 Å². The van der Waals surface area contributed by atoms with Crippen LogP contribution in [0.15, 0.2) is 65.6 Å². The zero-order valence-corrected chi connectivity index (χ0v) is 18.5. The van der Waals surface area contributed by atoms with E-state index in [2.05, 4.69) is 24.3 Å². The Balaban J connectivity index is 1.73. The molecule has 1 aliphatic heterocycles. The van der Waals surface area contributed by atoms with E-state index in [4.69, 9.17) is 0 Å². The summed E-state index contributed by atoms with van der Waals surface area (Å²) in [4.78, 5) is 27.2. The lowest BCUT2D eigenvalue weighted by atomic mass is 9.94. The molecule has 0 fully saturated rings. The number of aliphatic hydroxyl groups excluding tert-OH is 1. The van der Waals surface area contributed by atoms with Gasteiger partial charge in [0.05, 0.1) is 6.04 Å². The molecule has 2 aromatic carbocycles. The van der Waals surface area contributed by atoms with Crippen LogP contribution in [0.2, 0.25) is 0 Å². The van der Waals surface area contributed by atoms with Crippen LogP contribution in [0.1, 0.15) is 45.7 Å². The summed E-state index contributed by atoms with van der Waals surface area (Å²) in [5.41, 5.74) is 4.11. The molecule has 1 atom stereocenters. The molecular weight excluding hydrogens is 418 g/mol. The number of aromatic hydroxyl groups is 1. The first-order valence-corrected chi connectivity index (χ1v) is 11.3. The van der Waals surface area contributed by atoms with E-state index in [1.54, 1.807) is 15.8 Å². The highest BCUT2D eigenvalue weighted by atomic mass is 16.3. The van der Waals surface area contributed by atoms with E-state index in [-0.39, 0.29) is 30.9 Å². The van der Waals surface area contributed by atoms with Crippen LogP contribution in [0.5, 0.6) is 5.75 Å². The van der Waals surface area contributed by atoms with Crippen molar-refractivity contribution in [2.45, 2.75) is 25.8 Å². The van der Waals surface area contributed by atoms with Gasteiger partial charge in [-0.05, 0) is 41.0 Å². The molecule has 0 radical (unpaired) electrons. The molecule has 7 nitrogen and oxygen atoms in total. The Morgan fingerprint density at radius 3 is 2.18 bits per heavy atom. The number of fused-ring (bicyclic) bond motifs is 3. The number of aliphatic hydroxyl groups is 1. The summed E-state index contributed by atoms with van der Waals surface area (Å²) in [6, 6.07) is 17.7. The van der Waals surface area contributed by atoms with Crippen LogP contribution < -0.4 is 10.4 Å². The number of hydrogen-bond acceptors (Lipinski definition) is 5. The smallest absolute Gasteiger partial charge is 0.277 e. The minimum atomic E-state index is -0.590. The molecule has 1 unspecified atom stereocenters. The van der Waals surface area contributed by atoms with Crippen LogP contribution in [-0.4, -0.2) is 45.5 Å². The van der Waals surface area contributed by atoms with Gasteiger partial charge in [0.1, 0.15) is 6.67 Å². The number of nitrogens with zero attached hydrogens (tertiary/aromatic N) is 3. The van der Waals surface area contributed by atoms with Crippen LogP contribution in [0, 0.1) is 5.92 Å². The Morgan fingerprint density at radius 1 is 0.970 bits per heavy atom. The van der Waals surface area contributed by atoms with E-state index in [0.717, 1.165) is 24.0 Å². The number of carbonyl (C=O) groups is 1. The lowest BCUT2D eigenvalue weighted by molar-refractivity contribution is 0.0628. The SMILES string of the molecule is CC(CO)CN1CN(C2c3ccccc3CCc3ccccc32)n2ccc(=O)c(O)c2C1=O. The highest BCUT2D eigenvalue weighted by Gasteiger charge is 2.38. The van der Waals surface area contributed by atoms with Crippen LogP contribution in [0.3, 0.4) is 0 Å². The first-order valence-electron chi connectivity index (χ1n) is 11.3. The van der Waals surface area contributed by atoms with Crippen molar-refractivity contribution in [1.82, 2.24) is 9.58 Å². The largest absolute Gasteiger partial charge is 0.502 e. The van der Waals surface area contributed by atoms with Crippen LogP contribution >= 0.6 is 0 Å². The molecule has 0 spiro atoms. The molecule has 2 heterocycles. The average Bonchev–Trinajstić information content (AvgIpc) is 3.00. The maximum absolute atomic E-state index is 13.3. The van der Waals surface area contributed by atoms with Gasteiger partial charge in [-0.1, -0.05) is 55.5 Å². The lowest BCUT2D eigenvalue weighted by Gasteiger charge is -2.44. The third-order valence-electron chi connectivity index (χ3n) is 6.64. The quantitative estimate of drug-likeness (QED) is 0.644. The van der Waals surface area contributed by atoms with Crippen molar-refractivity contribution in [2.75, 3.05) is 24.8 Å². The average molecular weight is 446 g/mol. The summed E-state index contributed by atoms with van der Waals surface area (Å²) < 4.78 is 1.63. The molecule has 0 saturated heterocycles. The van der Waals surface area contributed by atoms with Crippen molar-refractivity contribution in [3.63, 3.8) is 0 Å². The Hall–Kier alpha value is -3.58. The van der Waals surface area contributed by atoms with Crippen molar-refractivity contribution >= 4 is 5.91 Å². The molecule has 170 valence electrons. The maximum atomic E-state index is 13.3. The molecular formula is C26H27N3O4. The second-order valence-corrected chi connectivity index (χ2v) is 8.92. The van der Waals surface area contributed by atoms with E-state index in [0.29, 0.717) is 6.54 Å². The number of pyridine rings is 1. The number of aromatic nitrogens is 1. The molecule has 0 saturated carbocycles. The zero-order chi connectivity index (χ0) is 23.1. The third-order valence-corrected chi connectivity index (χ3v) is 6.64. The summed E-state index contributed by atoms with van der Waals surface area (Å²) >= 11 is 0. The second kappa shape index (κ2) is 8.41. The van der Waals surface area contributed by atoms with Crippen LogP contribution in [0.25, 0.3) is 0 Å².